The minimum absolute atomic E-state index is 0.645. The maximum Gasteiger partial charge on any atom is 0.217 e. The summed E-state index contributed by atoms with van der Waals surface area (Å²) in [6.45, 7) is -1.23. The quantitative estimate of drug-likeness (QED) is 0.135. The second kappa shape index (κ2) is 12.8. The molecule has 3 aliphatic rings. The molecule has 3 saturated heterocycles. The van der Waals surface area contributed by atoms with Gasteiger partial charge in [0.05, 0.1) is 19.8 Å². The van der Waals surface area contributed by atoms with Crippen molar-refractivity contribution < 1.29 is 79.5 Å². The van der Waals surface area contributed by atoms with Crippen LogP contribution in [0.25, 0.3) is 0 Å². The Morgan fingerprint density at radius 2 is 1.11 bits per heavy atom. The summed E-state index contributed by atoms with van der Waals surface area (Å²) in [5, 5.41) is 103. The van der Waals surface area contributed by atoms with Gasteiger partial charge in [0.2, 0.25) is 5.91 Å². The van der Waals surface area contributed by atoms with E-state index in [4.69, 9.17) is 23.7 Å². The molecule has 11 N–H and O–H groups in total. The highest BCUT2D eigenvalue weighted by atomic mass is 16.7. The van der Waals surface area contributed by atoms with Crippen LogP contribution in [-0.4, -0.2) is 169 Å². The number of hydrogen-bond acceptors (Lipinski definition) is 16. The zero-order chi connectivity index (χ0) is 27.6. The van der Waals surface area contributed by atoms with Crippen molar-refractivity contribution in [2.24, 2.45) is 0 Å². The molecule has 0 aromatic heterocycles. The third-order valence-electron chi connectivity index (χ3n) is 6.50. The van der Waals surface area contributed by atoms with Gasteiger partial charge in [-0.05, 0) is 0 Å². The largest absolute Gasteiger partial charge is 0.394 e. The summed E-state index contributed by atoms with van der Waals surface area (Å²) in [6, 6.07) is -1.41. The topological polar surface area (TPSA) is 278 Å². The third kappa shape index (κ3) is 6.38. The molecule has 3 rings (SSSR count). The summed E-state index contributed by atoms with van der Waals surface area (Å²) in [7, 11) is 0. The minimum atomic E-state index is -1.93. The van der Waals surface area contributed by atoms with Crippen molar-refractivity contribution in [1.82, 2.24) is 5.32 Å². The van der Waals surface area contributed by atoms with Gasteiger partial charge in [-0.1, -0.05) is 0 Å². The highest BCUT2D eigenvalue weighted by molar-refractivity contribution is 5.73. The fourth-order valence-corrected chi connectivity index (χ4v) is 4.45. The molecule has 15 atom stereocenters. The average molecular weight is 545 g/mol. The lowest BCUT2D eigenvalue weighted by molar-refractivity contribution is -0.373. The van der Waals surface area contributed by atoms with Crippen LogP contribution in [0.2, 0.25) is 0 Å². The highest BCUT2D eigenvalue weighted by Gasteiger charge is 2.53. The fourth-order valence-electron chi connectivity index (χ4n) is 4.45. The molecule has 3 aliphatic heterocycles. The summed E-state index contributed by atoms with van der Waals surface area (Å²) in [4.78, 5) is 11.6. The normalized spacial score (nSPS) is 49.0. The predicted octanol–water partition coefficient (Wildman–Crippen LogP) is -7.43. The number of ether oxygens (including phenoxy) is 5. The van der Waals surface area contributed by atoms with E-state index in [0.29, 0.717) is 0 Å². The number of aliphatic hydroxyl groups excluding tert-OH is 10. The fraction of sp³-hybridized carbons (Fsp3) is 0.950. The number of carbonyl (C=O) groups is 1. The summed E-state index contributed by atoms with van der Waals surface area (Å²) in [5.41, 5.74) is 0. The van der Waals surface area contributed by atoms with Crippen molar-refractivity contribution in [2.75, 3.05) is 19.8 Å². The Morgan fingerprint density at radius 3 is 1.65 bits per heavy atom. The summed E-state index contributed by atoms with van der Waals surface area (Å²) in [6.07, 6.45) is -23.5. The first-order chi connectivity index (χ1) is 17.4. The molecule has 1 amide bonds. The van der Waals surface area contributed by atoms with E-state index in [2.05, 4.69) is 5.32 Å². The van der Waals surface area contributed by atoms with E-state index >= 15 is 0 Å². The molecule has 17 heteroatoms. The predicted molar refractivity (Wildman–Crippen MR) is 113 cm³/mol. The molecule has 0 unspecified atom stereocenters. The molecule has 216 valence electrons. The van der Waals surface area contributed by atoms with Crippen molar-refractivity contribution in [1.29, 1.82) is 0 Å². The average Bonchev–Trinajstić information content (AvgIpc) is 2.86. The van der Waals surface area contributed by atoms with E-state index in [-0.39, 0.29) is 0 Å². The van der Waals surface area contributed by atoms with Crippen molar-refractivity contribution in [2.45, 2.75) is 99.0 Å². The smallest absolute Gasteiger partial charge is 0.217 e. The molecule has 0 bridgehead atoms. The van der Waals surface area contributed by atoms with Crippen LogP contribution in [0.3, 0.4) is 0 Å². The molecule has 0 aliphatic carbocycles. The van der Waals surface area contributed by atoms with Gasteiger partial charge in [0.15, 0.2) is 18.9 Å². The van der Waals surface area contributed by atoms with Gasteiger partial charge in [0.1, 0.15) is 73.2 Å². The molecule has 0 saturated carbocycles. The van der Waals surface area contributed by atoms with Crippen LogP contribution in [0.5, 0.6) is 0 Å². The van der Waals surface area contributed by atoms with Gasteiger partial charge in [-0.25, -0.2) is 0 Å². The molecule has 0 aromatic carbocycles. The molecule has 3 heterocycles. The number of amides is 1. The first-order valence-electron chi connectivity index (χ1n) is 11.6. The van der Waals surface area contributed by atoms with Gasteiger partial charge in [-0.15, -0.1) is 0 Å². The monoisotopic (exact) mass is 545 g/mol. The van der Waals surface area contributed by atoms with Gasteiger partial charge in [0.25, 0.3) is 0 Å². The van der Waals surface area contributed by atoms with Crippen molar-refractivity contribution in [3.8, 4) is 0 Å². The molecule has 3 fully saturated rings. The van der Waals surface area contributed by atoms with Crippen LogP contribution < -0.4 is 5.32 Å². The molecular weight excluding hydrogens is 510 g/mol. The molecule has 0 radical (unpaired) electrons. The first kappa shape index (κ1) is 30.4. The Bertz CT molecular complexity index is 745. The van der Waals surface area contributed by atoms with E-state index in [1.165, 1.54) is 0 Å². The molecular formula is C20H35NO16. The van der Waals surface area contributed by atoms with Crippen LogP contribution in [-0.2, 0) is 28.5 Å². The lowest BCUT2D eigenvalue weighted by Gasteiger charge is -2.48. The van der Waals surface area contributed by atoms with Crippen LogP contribution >= 0.6 is 0 Å². The number of nitrogens with one attached hydrogen (secondary N) is 1. The zero-order valence-corrected chi connectivity index (χ0v) is 19.7. The maximum atomic E-state index is 11.6. The van der Waals surface area contributed by atoms with Crippen LogP contribution in [0.4, 0.5) is 0 Å². The van der Waals surface area contributed by atoms with Gasteiger partial charge in [-0.2, -0.15) is 0 Å². The Kier molecular flexibility index (Phi) is 10.5. The first-order valence-corrected chi connectivity index (χ1v) is 11.6. The SMILES string of the molecule is CC(=O)N[C@@H]1[C@@H](O[C@@H]2O[C@H](CO)[C@H](O)[C@H](O[C@H]3O[C@H](CO)[C@H](O)[C@H](O)[C@H]3O)[C@H]2O)[C@@H](O)[C@@H](CO)O[C@@H]1O. The number of hydrogen-bond donors (Lipinski definition) is 11. The van der Waals surface area contributed by atoms with Gasteiger partial charge < -0.3 is 80.1 Å². The molecule has 37 heavy (non-hydrogen) atoms. The number of carbonyl (C=O) groups excluding carboxylic acids is 1. The standard InChI is InChI=1S/C20H35NO16/c1-5(25)21-9-16(11(27)7(3-23)33-18(9)32)36-20-15(31)17(12(28)8(4-24)35-20)37-19-14(30)13(29)10(26)6(2-22)34-19/h6-20,22-24,26-32H,2-4H2,1H3,(H,21,25)/t6-,7-,8-,9-,10+,11+,12+,13+,14-,15-,16-,17+,18+,19-,20+/m1/s1. The van der Waals surface area contributed by atoms with Crippen molar-refractivity contribution >= 4 is 5.91 Å². The maximum absolute atomic E-state index is 11.6. The van der Waals surface area contributed by atoms with Crippen LogP contribution in [0.1, 0.15) is 6.92 Å². The lowest BCUT2D eigenvalue weighted by atomic mass is 9.95. The summed E-state index contributed by atoms with van der Waals surface area (Å²) < 4.78 is 26.9. The van der Waals surface area contributed by atoms with E-state index in [0.717, 1.165) is 6.92 Å². The zero-order valence-electron chi connectivity index (χ0n) is 19.7. The van der Waals surface area contributed by atoms with Gasteiger partial charge in [0, 0.05) is 6.92 Å². The minimum Gasteiger partial charge on any atom is -0.394 e. The Balaban J connectivity index is 1.83. The Labute approximate surface area is 210 Å². The van der Waals surface area contributed by atoms with E-state index in [9.17, 15) is 55.9 Å². The van der Waals surface area contributed by atoms with Gasteiger partial charge in [-0.3, -0.25) is 4.79 Å². The number of aliphatic hydroxyl groups is 10. The summed E-state index contributed by atoms with van der Waals surface area (Å²) >= 11 is 0. The molecule has 0 aromatic rings. The van der Waals surface area contributed by atoms with Crippen molar-refractivity contribution in [3.63, 3.8) is 0 Å². The second-order valence-electron chi connectivity index (χ2n) is 9.07. The molecule has 0 spiro atoms. The second-order valence-corrected chi connectivity index (χ2v) is 9.07. The Hall–Kier alpha value is -1.13. The van der Waals surface area contributed by atoms with E-state index in [1.54, 1.807) is 0 Å². The number of rotatable bonds is 8. The summed E-state index contributed by atoms with van der Waals surface area (Å²) in [5.74, 6) is -0.645. The Morgan fingerprint density at radius 1 is 0.649 bits per heavy atom. The van der Waals surface area contributed by atoms with Crippen LogP contribution in [0, 0.1) is 0 Å². The lowest BCUT2D eigenvalue weighted by Crippen LogP contribution is -2.68. The van der Waals surface area contributed by atoms with Gasteiger partial charge >= 0.3 is 0 Å². The molecule has 17 nitrogen and oxygen atoms in total. The van der Waals surface area contributed by atoms with E-state index < -0.39 is 118 Å². The van der Waals surface area contributed by atoms with Crippen molar-refractivity contribution in [3.05, 3.63) is 0 Å². The third-order valence-corrected chi connectivity index (χ3v) is 6.50. The van der Waals surface area contributed by atoms with Crippen LogP contribution in [0.15, 0.2) is 0 Å². The van der Waals surface area contributed by atoms with E-state index in [1.807, 2.05) is 0 Å². The highest BCUT2D eigenvalue weighted by Crippen LogP contribution is 2.32.